The highest BCUT2D eigenvalue weighted by molar-refractivity contribution is 5.94. The van der Waals surface area contributed by atoms with Crippen LogP contribution in [0.4, 0.5) is 0 Å². The predicted molar refractivity (Wildman–Crippen MR) is 92.5 cm³/mol. The summed E-state index contributed by atoms with van der Waals surface area (Å²) in [5, 5.41) is 2.89. The number of likely N-dealkylation sites (tertiary alicyclic amines) is 1. The van der Waals surface area contributed by atoms with Gasteiger partial charge < -0.3 is 20.7 Å². The summed E-state index contributed by atoms with van der Waals surface area (Å²) in [5.41, 5.74) is 7.04. The second-order valence-corrected chi connectivity index (χ2v) is 6.12. The maximum Gasteiger partial charge on any atom is 0.254 e. The molecular formula is C18H27N3O3. The Morgan fingerprint density at radius 1 is 1.38 bits per heavy atom. The topological polar surface area (TPSA) is 84.7 Å². The van der Waals surface area contributed by atoms with Gasteiger partial charge in [0, 0.05) is 44.8 Å². The van der Waals surface area contributed by atoms with Crippen molar-refractivity contribution in [3.05, 3.63) is 35.4 Å². The highest BCUT2D eigenvalue weighted by Gasteiger charge is 2.27. The maximum absolute atomic E-state index is 12.9. The maximum atomic E-state index is 12.9. The number of piperidine rings is 1. The summed E-state index contributed by atoms with van der Waals surface area (Å²) in [6.45, 7) is 2.04. The third-order valence-electron chi connectivity index (χ3n) is 4.28. The molecule has 3 N–H and O–H groups in total. The smallest absolute Gasteiger partial charge is 0.254 e. The van der Waals surface area contributed by atoms with Gasteiger partial charge in [0.2, 0.25) is 5.91 Å². The molecule has 0 spiro atoms. The largest absolute Gasteiger partial charge is 0.380 e. The Morgan fingerprint density at radius 2 is 2.21 bits per heavy atom. The van der Waals surface area contributed by atoms with Crippen molar-refractivity contribution in [1.82, 2.24) is 10.2 Å². The van der Waals surface area contributed by atoms with Crippen LogP contribution in [-0.2, 0) is 16.1 Å². The van der Waals surface area contributed by atoms with Crippen molar-refractivity contribution >= 4 is 11.8 Å². The van der Waals surface area contributed by atoms with Crippen molar-refractivity contribution in [1.29, 1.82) is 0 Å². The van der Waals surface area contributed by atoms with Gasteiger partial charge in [-0.15, -0.1) is 0 Å². The Labute approximate surface area is 143 Å². The first kappa shape index (κ1) is 18.4. The van der Waals surface area contributed by atoms with Gasteiger partial charge in [-0.3, -0.25) is 9.59 Å². The Morgan fingerprint density at radius 3 is 2.96 bits per heavy atom. The lowest BCUT2D eigenvalue weighted by molar-refractivity contribution is -0.121. The molecule has 0 saturated carbocycles. The molecular weight excluding hydrogens is 306 g/mol. The van der Waals surface area contributed by atoms with Crippen LogP contribution in [0.2, 0.25) is 0 Å². The molecule has 6 nitrogen and oxygen atoms in total. The Bertz CT molecular complexity index is 562. The highest BCUT2D eigenvalue weighted by atomic mass is 16.5. The SMILES string of the molecule is COCc1cccc(C(=O)N2CCCCC2CNC(=O)CCN)c1. The number of rotatable bonds is 7. The zero-order valence-corrected chi connectivity index (χ0v) is 14.3. The molecule has 1 heterocycles. The molecule has 0 bridgehead atoms. The van der Waals surface area contributed by atoms with Gasteiger partial charge in [0.05, 0.1) is 6.61 Å². The van der Waals surface area contributed by atoms with Crippen molar-refractivity contribution < 1.29 is 14.3 Å². The van der Waals surface area contributed by atoms with Crippen LogP contribution < -0.4 is 11.1 Å². The van der Waals surface area contributed by atoms with Crippen molar-refractivity contribution in [2.45, 2.75) is 38.3 Å². The van der Waals surface area contributed by atoms with E-state index in [1.807, 2.05) is 29.2 Å². The fourth-order valence-electron chi connectivity index (χ4n) is 3.06. The number of nitrogens with one attached hydrogen (secondary N) is 1. The van der Waals surface area contributed by atoms with Crippen LogP contribution in [0, 0.1) is 0 Å². The number of ether oxygens (including phenoxy) is 1. The van der Waals surface area contributed by atoms with Crippen molar-refractivity contribution in [3.8, 4) is 0 Å². The molecule has 1 atom stereocenters. The number of nitrogens with two attached hydrogens (primary N) is 1. The number of amides is 2. The molecule has 132 valence electrons. The van der Waals surface area contributed by atoms with Gasteiger partial charge in [0.15, 0.2) is 0 Å². The minimum atomic E-state index is -0.0578. The number of hydrogen-bond acceptors (Lipinski definition) is 4. The van der Waals surface area contributed by atoms with E-state index in [2.05, 4.69) is 5.32 Å². The minimum Gasteiger partial charge on any atom is -0.380 e. The zero-order chi connectivity index (χ0) is 17.4. The van der Waals surface area contributed by atoms with Gasteiger partial charge >= 0.3 is 0 Å². The summed E-state index contributed by atoms with van der Waals surface area (Å²) in [6, 6.07) is 7.58. The minimum absolute atomic E-state index is 0.0192. The fourth-order valence-corrected chi connectivity index (χ4v) is 3.06. The van der Waals surface area contributed by atoms with E-state index in [9.17, 15) is 9.59 Å². The average molecular weight is 333 g/mol. The summed E-state index contributed by atoms with van der Waals surface area (Å²) >= 11 is 0. The first-order valence-corrected chi connectivity index (χ1v) is 8.51. The van der Waals surface area contributed by atoms with Gasteiger partial charge in [-0.05, 0) is 37.0 Å². The van der Waals surface area contributed by atoms with Crippen LogP contribution in [0.15, 0.2) is 24.3 Å². The van der Waals surface area contributed by atoms with Crippen molar-refractivity contribution in [2.24, 2.45) is 5.73 Å². The summed E-state index contributed by atoms with van der Waals surface area (Å²) in [4.78, 5) is 26.4. The Hall–Kier alpha value is -1.92. The summed E-state index contributed by atoms with van der Waals surface area (Å²) in [5.74, 6) is -0.0386. The Kier molecular flexibility index (Phi) is 7.21. The Balaban J connectivity index is 2.04. The summed E-state index contributed by atoms with van der Waals surface area (Å²) in [7, 11) is 1.64. The van der Waals surface area contributed by atoms with Crippen LogP contribution >= 0.6 is 0 Å². The second-order valence-electron chi connectivity index (χ2n) is 6.12. The summed E-state index contributed by atoms with van der Waals surface area (Å²) < 4.78 is 5.13. The number of benzene rings is 1. The lowest BCUT2D eigenvalue weighted by Gasteiger charge is -2.36. The molecule has 0 aromatic heterocycles. The molecule has 1 aromatic carbocycles. The monoisotopic (exact) mass is 333 g/mol. The van der Waals surface area contributed by atoms with Crippen LogP contribution in [0.5, 0.6) is 0 Å². The van der Waals surface area contributed by atoms with E-state index in [-0.39, 0.29) is 17.9 Å². The number of nitrogens with zero attached hydrogens (tertiary/aromatic N) is 1. The first-order valence-electron chi connectivity index (χ1n) is 8.51. The third kappa shape index (κ3) is 5.04. The van der Waals surface area contributed by atoms with Crippen LogP contribution in [0.1, 0.15) is 41.6 Å². The molecule has 1 aliphatic rings. The normalized spacial score (nSPS) is 17.6. The van der Waals surface area contributed by atoms with Gasteiger partial charge in [0.1, 0.15) is 0 Å². The quantitative estimate of drug-likeness (QED) is 0.787. The summed E-state index contributed by atoms with van der Waals surface area (Å²) in [6.07, 6.45) is 3.30. The van der Waals surface area contributed by atoms with Gasteiger partial charge in [0.25, 0.3) is 5.91 Å². The molecule has 6 heteroatoms. The van der Waals surface area contributed by atoms with Gasteiger partial charge in [-0.1, -0.05) is 12.1 Å². The number of hydrogen-bond donors (Lipinski definition) is 2. The van der Waals surface area contributed by atoms with E-state index >= 15 is 0 Å². The van der Waals surface area contributed by atoms with Gasteiger partial charge in [-0.25, -0.2) is 0 Å². The molecule has 1 unspecified atom stereocenters. The first-order chi connectivity index (χ1) is 11.7. The molecule has 0 aliphatic carbocycles. The van der Waals surface area contributed by atoms with Crippen LogP contribution in [0.3, 0.4) is 0 Å². The average Bonchev–Trinajstić information content (AvgIpc) is 2.60. The predicted octanol–water partition coefficient (Wildman–Crippen LogP) is 1.29. The standard InChI is InChI=1S/C18H27N3O3/c1-24-13-14-5-4-6-15(11-14)18(23)21-10-3-2-7-16(21)12-20-17(22)8-9-19/h4-6,11,16H,2-3,7-10,12-13,19H2,1H3,(H,20,22). The molecule has 2 rings (SSSR count). The third-order valence-corrected chi connectivity index (χ3v) is 4.28. The van der Waals surface area contributed by atoms with Crippen molar-refractivity contribution in [2.75, 3.05) is 26.7 Å². The molecule has 24 heavy (non-hydrogen) atoms. The fraction of sp³-hybridized carbons (Fsp3) is 0.556. The lowest BCUT2D eigenvalue weighted by atomic mass is 10.00. The second kappa shape index (κ2) is 9.39. The van der Waals surface area contributed by atoms with E-state index in [4.69, 9.17) is 10.5 Å². The van der Waals surface area contributed by atoms with E-state index in [1.54, 1.807) is 7.11 Å². The molecule has 1 aromatic rings. The number of carbonyl (C=O) groups is 2. The van der Waals surface area contributed by atoms with E-state index in [0.717, 1.165) is 31.4 Å². The highest BCUT2D eigenvalue weighted by Crippen LogP contribution is 2.20. The number of carbonyl (C=O) groups excluding carboxylic acids is 2. The molecule has 1 aliphatic heterocycles. The van der Waals surface area contributed by atoms with Crippen LogP contribution in [0.25, 0.3) is 0 Å². The molecule has 1 fully saturated rings. The lowest BCUT2D eigenvalue weighted by Crippen LogP contribution is -2.49. The van der Waals surface area contributed by atoms with Crippen molar-refractivity contribution in [3.63, 3.8) is 0 Å². The molecule has 2 amide bonds. The van der Waals surface area contributed by atoms with E-state index in [1.165, 1.54) is 0 Å². The number of methoxy groups -OCH3 is 1. The zero-order valence-electron chi connectivity index (χ0n) is 14.3. The van der Waals surface area contributed by atoms with E-state index < -0.39 is 0 Å². The van der Waals surface area contributed by atoms with Crippen LogP contribution in [-0.4, -0.2) is 49.5 Å². The molecule has 1 saturated heterocycles. The molecule has 0 radical (unpaired) electrons. The van der Waals surface area contributed by atoms with Gasteiger partial charge in [-0.2, -0.15) is 0 Å². The van der Waals surface area contributed by atoms with E-state index in [0.29, 0.717) is 31.7 Å².